The number of nitrogens with zero attached hydrogens (tertiary/aromatic N) is 1. The molecule has 206 valence electrons. The third kappa shape index (κ3) is 6.32. The number of carbonyl (C=O) groups is 2. The molecule has 3 aromatic carbocycles. The molecular weight excluding hydrogens is 490 g/mol. The van der Waals surface area contributed by atoms with Crippen LogP contribution in [0.25, 0.3) is 0 Å². The lowest BCUT2D eigenvalue weighted by Gasteiger charge is -2.40. The average Bonchev–Trinajstić information content (AvgIpc) is 3.27. The highest BCUT2D eigenvalue weighted by Crippen LogP contribution is 2.40. The second-order valence-corrected chi connectivity index (χ2v) is 10.6. The first-order chi connectivity index (χ1) is 18.8. The molecule has 1 atom stereocenters. The number of likely N-dealkylation sites (N-methyl/N-ethyl adjacent to an activating group) is 1. The van der Waals surface area contributed by atoms with Crippen LogP contribution in [-0.4, -0.2) is 55.3 Å². The summed E-state index contributed by atoms with van der Waals surface area (Å²) >= 11 is 0. The maximum Gasteiger partial charge on any atom is 0.322 e. The second kappa shape index (κ2) is 12.5. The van der Waals surface area contributed by atoms with Crippen LogP contribution >= 0.6 is 0 Å². The van der Waals surface area contributed by atoms with Crippen molar-refractivity contribution in [2.75, 3.05) is 27.7 Å². The van der Waals surface area contributed by atoms with E-state index in [1.807, 2.05) is 72.8 Å². The quantitative estimate of drug-likeness (QED) is 0.383. The van der Waals surface area contributed by atoms with Crippen LogP contribution in [0.5, 0.6) is 5.75 Å². The first kappa shape index (κ1) is 28.3. The van der Waals surface area contributed by atoms with Gasteiger partial charge in [-0.05, 0) is 55.8 Å². The van der Waals surface area contributed by atoms with E-state index in [2.05, 4.69) is 41.8 Å². The fraction of sp³-hybridized carbons (Fsp3) is 0.375. The minimum Gasteiger partial charge on any atom is -0.497 e. The number of rotatable bonds is 7. The molecule has 1 aliphatic carbocycles. The first-order valence-electron chi connectivity index (χ1n) is 13.5. The summed E-state index contributed by atoms with van der Waals surface area (Å²) in [5.74, 6) is 0.687. The lowest BCUT2D eigenvalue weighted by Crippen LogP contribution is -2.44. The van der Waals surface area contributed by atoms with Crippen molar-refractivity contribution in [3.05, 3.63) is 102 Å². The molecule has 0 spiro atoms. The van der Waals surface area contributed by atoms with Gasteiger partial charge in [-0.1, -0.05) is 92.1 Å². The highest BCUT2D eigenvalue weighted by Gasteiger charge is 2.49. The maximum atomic E-state index is 12.3. The average molecular weight is 530 g/mol. The number of imide groups is 1. The number of amides is 3. The number of urea groups is 1. The summed E-state index contributed by atoms with van der Waals surface area (Å²) in [7, 11) is 5.83. The number of nitrogens with one attached hydrogen (secondary N) is 2. The van der Waals surface area contributed by atoms with Gasteiger partial charge in [0, 0.05) is 12.5 Å². The van der Waals surface area contributed by atoms with Crippen LogP contribution < -0.4 is 15.4 Å². The van der Waals surface area contributed by atoms with Gasteiger partial charge in [-0.3, -0.25) is 10.1 Å². The molecule has 1 saturated carbocycles. The van der Waals surface area contributed by atoms with E-state index >= 15 is 0 Å². The van der Waals surface area contributed by atoms with Gasteiger partial charge in [0.2, 0.25) is 0 Å². The summed E-state index contributed by atoms with van der Waals surface area (Å²) < 4.78 is 5.23. The fourth-order valence-electron chi connectivity index (χ4n) is 5.70. The lowest BCUT2D eigenvalue weighted by atomic mass is 9.72. The SMILES string of the molecule is COc1ccc(C(CN(C)C)C2(O)CCCCC2)cc1.O=C1NC(=O)C(c2ccccc2)(c2ccccc2)N1. The molecule has 7 nitrogen and oxygen atoms in total. The summed E-state index contributed by atoms with van der Waals surface area (Å²) in [6, 6.07) is 26.1. The fourth-order valence-corrected chi connectivity index (χ4v) is 5.70. The number of hydrogen-bond acceptors (Lipinski definition) is 5. The zero-order valence-electron chi connectivity index (χ0n) is 23.0. The van der Waals surface area contributed by atoms with E-state index in [0.29, 0.717) is 0 Å². The monoisotopic (exact) mass is 529 g/mol. The molecule has 0 radical (unpaired) electrons. The van der Waals surface area contributed by atoms with Crippen molar-refractivity contribution in [3.8, 4) is 5.75 Å². The molecule has 0 bridgehead atoms. The van der Waals surface area contributed by atoms with Gasteiger partial charge in [0.05, 0.1) is 12.7 Å². The van der Waals surface area contributed by atoms with Gasteiger partial charge >= 0.3 is 6.03 Å². The van der Waals surface area contributed by atoms with Gasteiger partial charge in [0.1, 0.15) is 5.75 Å². The molecule has 0 aromatic heterocycles. The van der Waals surface area contributed by atoms with E-state index in [9.17, 15) is 14.7 Å². The van der Waals surface area contributed by atoms with Crippen LogP contribution in [0.15, 0.2) is 84.9 Å². The van der Waals surface area contributed by atoms with E-state index < -0.39 is 17.2 Å². The van der Waals surface area contributed by atoms with Gasteiger partial charge in [-0.25, -0.2) is 4.79 Å². The normalized spacial score (nSPS) is 18.4. The molecule has 39 heavy (non-hydrogen) atoms. The zero-order valence-corrected chi connectivity index (χ0v) is 23.0. The van der Waals surface area contributed by atoms with Crippen molar-refractivity contribution in [2.24, 2.45) is 0 Å². The topological polar surface area (TPSA) is 90.9 Å². The second-order valence-electron chi connectivity index (χ2n) is 10.6. The number of carbonyl (C=O) groups excluding carboxylic acids is 2. The van der Waals surface area contributed by atoms with E-state index in [1.165, 1.54) is 12.0 Å². The van der Waals surface area contributed by atoms with Crippen molar-refractivity contribution in [3.63, 3.8) is 0 Å². The zero-order chi connectivity index (χ0) is 27.9. The Morgan fingerprint density at radius 3 is 1.82 bits per heavy atom. The number of methoxy groups -OCH3 is 1. The Morgan fingerprint density at radius 1 is 0.846 bits per heavy atom. The summed E-state index contributed by atoms with van der Waals surface area (Å²) in [5.41, 5.74) is 0.995. The van der Waals surface area contributed by atoms with Crippen molar-refractivity contribution in [1.29, 1.82) is 0 Å². The molecule has 3 amide bonds. The van der Waals surface area contributed by atoms with Crippen LogP contribution in [0.2, 0.25) is 0 Å². The van der Waals surface area contributed by atoms with E-state index in [4.69, 9.17) is 4.74 Å². The van der Waals surface area contributed by atoms with Crippen LogP contribution in [0.1, 0.15) is 54.7 Å². The van der Waals surface area contributed by atoms with Gasteiger partial charge in [0.25, 0.3) is 5.91 Å². The summed E-state index contributed by atoms with van der Waals surface area (Å²) in [6.07, 6.45) is 5.35. The largest absolute Gasteiger partial charge is 0.497 e. The molecule has 2 aliphatic rings. The van der Waals surface area contributed by atoms with Gasteiger partial charge in [-0.15, -0.1) is 0 Å². The number of aliphatic hydroxyl groups is 1. The van der Waals surface area contributed by atoms with Gasteiger partial charge in [-0.2, -0.15) is 0 Å². The first-order valence-corrected chi connectivity index (χ1v) is 13.5. The molecule has 1 saturated heterocycles. The Balaban J connectivity index is 0.000000181. The molecule has 2 fully saturated rings. The molecular formula is C32H39N3O4. The maximum absolute atomic E-state index is 12.3. The summed E-state index contributed by atoms with van der Waals surface area (Å²) in [4.78, 5) is 26.1. The summed E-state index contributed by atoms with van der Waals surface area (Å²) in [5, 5.41) is 16.2. The molecule has 5 rings (SSSR count). The third-order valence-corrected chi connectivity index (χ3v) is 7.72. The Kier molecular flexibility index (Phi) is 9.04. The Morgan fingerprint density at radius 2 is 1.38 bits per heavy atom. The van der Waals surface area contributed by atoms with Crippen molar-refractivity contribution < 1.29 is 19.4 Å². The van der Waals surface area contributed by atoms with Crippen molar-refractivity contribution in [2.45, 2.75) is 49.2 Å². The number of benzene rings is 3. The van der Waals surface area contributed by atoms with Crippen LogP contribution in [0.4, 0.5) is 4.79 Å². The van der Waals surface area contributed by atoms with E-state index in [0.717, 1.165) is 49.1 Å². The highest BCUT2D eigenvalue weighted by molar-refractivity contribution is 6.09. The Bertz CT molecular complexity index is 1180. The standard InChI is InChI=1S/C17H27NO2.C15H12N2O2/c1-18(2)13-16(17(19)11-5-4-6-12-17)14-7-9-15(20-3)10-8-14;18-13-15(17-14(19)16-13,11-7-3-1-4-8-11)12-9-5-2-6-10-12/h7-10,16,19H,4-6,11-13H2,1-3H3;1-10H,(H2,16,17,18,19). The molecule has 3 aromatic rings. The van der Waals surface area contributed by atoms with E-state index in [1.54, 1.807) is 7.11 Å². The number of hydrogen-bond donors (Lipinski definition) is 3. The molecule has 1 heterocycles. The molecule has 7 heteroatoms. The minimum absolute atomic E-state index is 0.170. The molecule has 3 N–H and O–H groups in total. The minimum atomic E-state index is -1.14. The van der Waals surface area contributed by atoms with Crippen LogP contribution in [-0.2, 0) is 10.3 Å². The van der Waals surface area contributed by atoms with Gasteiger partial charge in [0.15, 0.2) is 5.54 Å². The van der Waals surface area contributed by atoms with Gasteiger partial charge < -0.3 is 20.1 Å². The van der Waals surface area contributed by atoms with Crippen molar-refractivity contribution >= 4 is 11.9 Å². The van der Waals surface area contributed by atoms with E-state index in [-0.39, 0.29) is 11.8 Å². The Hall–Kier alpha value is -3.68. The lowest BCUT2D eigenvalue weighted by molar-refractivity contribution is -0.122. The third-order valence-electron chi connectivity index (χ3n) is 7.72. The highest BCUT2D eigenvalue weighted by atomic mass is 16.5. The predicted octanol–water partition coefficient (Wildman–Crippen LogP) is 4.81. The van der Waals surface area contributed by atoms with Crippen LogP contribution in [0, 0.1) is 0 Å². The summed E-state index contributed by atoms with van der Waals surface area (Å²) in [6.45, 7) is 0.878. The molecule has 1 unspecified atom stereocenters. The predicted molar refractivity (Wildman–Crippen MR) is 153 cm³/mol. The van der Waals surface area contributed by atoms with Crippen molar-refractivity contribution in [1.82, 2.24) is 15.5 Å². The smallest absolute Gasteiger partial charge is 0.322 e. The Labute approximate surface area is 231 Å². The number of ether oxygens (including phenoxy) is 1. The molecule has 1 aliphatic heterocycles. The van der Waals surface area contributed by atoms with Crippen LogP contribution in [0.3, 0.4) is 0 Å².